The summed E-state index contributed by atoms with van der Waals surface area (Å²) in [7, 11) is 0. The standard InChI is InChI=1S/C18H12ClFN2O/c19-16-8-5-12(9-17(16)20)11-21-22-18(23)15-7-6-13-3-1-2-4-14(13)10-15/h1-11H,(H,22,23)/b21-11+. The quantitative estimate of drug-likeness (QED) is 0.562. The van der Waals surface area contributed by atoms with Gasteiger partial charge in [0.15, 0.2) is 0 Å². The van der Waals surface area contributed by atoms with E-state index in [0.29, 0.717) is 11.1 Å². The monoisotopic (exact) mass is 326 g/mol. The molecule has 0 atom stereocenters. The number of hydrogen-bond donors (Lipinski definition) is 1. The van der Waals surface area contributed by atoms with Gasteiger partial charge in [-0.2, -0.15) is 5.10 Å². The van der Waals surface area contributed by atoms with Crippen LogP contribution in [0, 0.1) is 5.82 Å². The van der Waals surface area contributed by atoms with Crippen LogP contribution in [0.5, 0.6) is 0 Å². The number of carbonyl (C=O) groups is 1. The molecule has 0 saturated carbocycles. The minimum absolute atomic E-state index is 0.0438. The van der Waals surface area contributed by atoms with Crippen molar-refractivity contribution in [1.82, 2.24) is 5.43 Å². The van der Waals surface area contributed by atoms with Crippen LogP contribution >= 0.6 is 11.6 Å². The van der Waals surface area contributed by atoms with Gasteiger partial charge in [0.05, 0.1) is 11.2 Å². The molecule has 114 valence electrons. The number of hydrogen-bond acceptors (Lipinski definition) is 2. The van der Waals surface area contributed by atoms with Gasteiger partial charge in [0, 0.05) is 5.56 Å². The number of hydrazone groups is 1. The molecule has 3 aromatic rings. The number of amides is 1. The first kappa shape index (κ1) is 15.2. The van der Waals surface area contributed by atoms with E-state index < -0.39 is 5.82 Å². The molecule has 1 N–H and O–H groups in total. The highest BCUT2D eigenvalue weighted by atomic mass is 35.5. The molecule has 0 bridgehead atoms. The van der Waals surface area contributed by atoms with E-state index in [-0.39, 0.29) is 10.9 Å². The normalized spacial score (nSPS) is 11.0. The maximum absolute atomic E-state index is 13.3. The summed E-state index contributed by atoms with van der Waals surface area (Å²) in [5, 5.41) is 5.91. The highest BCUT2D eigenvalue weighted by Gasteiger charge is 2.05. The van der Waals surface area contributed by atoms with Crippen LogP contribution in [0.3, 0.4) is 0 Å². The molecule has 0 heterocycles. The Morgan fingerprint density at radius 1 is 1.04 bits per heavy atom. The molecule has 0 fully saturated rings. The van der Waals surface area contributed by atoms with Crippen LogP contribution in [0.15, 0.2) is 65.8 Å². The van der Waals surface area contributed by atoms with Crippen LogP contribution in [0.1, 0.15) is 15.9 Å². The Morgan fingerprint density at radius 2 is 1.83 bits per heavy atom. The predicted molar refractivity (Wildman–Crippen MR) is 90.4 cm³/mol. The molecule has 0 spiro atoms. The maximum atomic E-state index is 13.3. The van der Waals surface area contributed by atoms with Crippen molar-refractivity contribution >= 4 is 34.5 Å². The number of rotatable bonds is 3. The molecular formula is C18H12ClFN2O. The van der Waals surface area contributed by atoms with Crippen LogP contribution in [-0.2, 0) is 0 Å². The third kappa shape index (κ3) is 3.55. The fraction of sp³-hybridized carbons (Fsp3) is 0. The van der Waals surface area contributed by atoms with E-state index >= 15 is 0 Å². The summed E-state index contributed by atoms with van der Waals surface area (Å²) >= 11 is 5.60. The number of carbonyl (C=O) groups excluding carboxylic acids is 1. The first-order valence-corrected chi connectivity index (χ1v) is 7.28. The van der Waals surface area contributed by atoms with Gasteiger partial charge in [0.2, 0.25) is 0 Å². The summed E-state index contributed by atoms with van der Waals surface area (Å²) in [6.07, 6.45) is 1.36. The lowest BCUT2D eigenvalue weighted by Crippen LogP contribution is -2.17. The zero-order chi connectivity index (χ0) is 16.2. The lowest BCUT2D eigenvalue weighted by molar-refractivity contribution is 0.0955. The van der Waals surface area contributed by atoms with Gasteiger partial charge < -0.3 is 0 Å². The van der Waals surface area contributed by atoms with E-state index in [4.69, 9.17) is 11.6 Å². The molecule has 3 nitrogen and oxygen atoms in total. The number of fused-ring (bicyclic) bond motifs is 1. The number of halogens is 2. The molecular weight excluding hydrogens is 315 g/mol. The molecule has 1 amide bonds. The summed E-state index contributed by atoms with van der Waals surface area (Å²) in [5.74, 6) is -0.863. The van der Waals surface area contributed by atoms with Crippen molar-refractivity contribution in [3.05, 3.63) is 82.6 Å². The number of nitrogens with one attached hydrogen (secondary N) is 1. The lowest BCUT2D eigenvalue weighted by Gasteiger charge is -2.02. The van der Waals surface area contributed by atoms with Crippen molar-refractivity contribution < 1.29 is 9.18 Å². The first-order valence-electron chi connectivity index (χ1n) is 6.91. The fourth-order valence-electron chi connectivity index (χ4n) is 2.15. The van der Waals surface area contributed by atoms with Crippen molar-refractivity contribution in [1.29, 1.82) is 0 Å². The second-order valence-electron chi connectivity index (χ2n) is 4.93. The molecule has 23 heavy (non-hydrogen) atoms. The molecule has 0 aromatic heterocycles. The van der Waals surface area contributed by atoms with Gasteiger partial charge in [-0.05, 0) is 40.6 Å². The Balaban J connectivity index is 1.72. The fourth-order valence-corrected chi connectivity index (χ4v) is 2.27. The Bertz CT molecular complexity index is 908. The minimum atomic E-state index is -0.531. The van der Waals surface area contributed by atoms with E-state index in [0.717, 1.165) is 10.8 Å². The maximum Gasteiger partial charge on any atom is 0.271 e. The Labute approximate surface area is 137 Å². The van der Waals surface area contributed by atoms with Gasteiger partial charge in [-0.3, -0.25) is 4.79 Å². The third-order valence-electron chi connectivity index (χ3n) is 3.34. The van der Waals surface area contributed by atoms with E-state index in [9.17, 15) is 9.18 Å². The van der Waals surface area contributed by atoms with E-state index in [1.165, 1.54) is 18.3 Å². The predicted octanol–water partition coefficient (Wildman–Crippen LogP) is 4.40. The molecule has 3 aromatic carbocycles. The largest absolute Gasteiger partial charge is 0.271 e. The highest BCUT2D eigenvalue weighted by molar-refractivity contribution is 6.30. The van der Waals surface area contributed by atoms with Gasteiger partial charge in [-0.25, -0.2) is 9.82 Å². The molecule has 0 radical (unpaired) electrons. The molecule has 5 heteroatoms. The molecule has 3 rings (SSSR count). The van der Waals surface area contributed by atoms with E-state index in [2.05, 4.69) is 10.5 Å². The average Bonchev–Trinajstić information content (AvgIpc) is 2.57. The van der Waals surface area contributed by atoms with Gasteiger partial charge in [-0.1, -0.05) is 48.0 Å². The third-order valence-corrected chi connectivity index (χ3v) is 3.64. The number of benzene rings is 3. The summed E-state index contributed by atoms with van der Waals surface area (Å²) in [6.45, 7) is 0. The minimum Gasteiger partial charge on any atom is -0.267 e. The lowest BCUT2D eigenvalue weighted by atomic mass is 10.1. The first-order chi connectivity index (χ1) is 11.1. The molecule has 0 unspecified atom stereocenters. The van der Waals surface area contributed by atoms with Crippen molar-refractivity contribution in [3.63, 3.8) is 0 Å². The van der Waals surface area contributed by atoms with Crippen LogP contribution in [-0.4, -0.2) is 12.1 Å². The van der Waals surface area contributed by atoms with Crippen LogP contribution < -0.4 is 5.43 Å². The summed E-state index contributed by atoms with van der Waals surface area (Å²) in [5.41, 5.74) is 3.43. The Hall–Kier alpha value is -2.72. The van der Waals surface area contributed by atoms with Gasteiger partial charge in [0.25, 0.3) is 5.91 Å². The summed E-state index contributed by atoms with van der Waals surface area (Å²) in [6, 6.07) is 17.5. The van der Waals surface area contributed by atoms with E-state index in [1.54, 1.807) is 18.2 Å². The number of nitrogens with zero attached hydrogens (tertiary/aromatic N) is 1. The summed E-state index contributed by atoms with van der Waals surface area (Å²) < 4.78 is 13.3. The molecule has 0 saturated heterocycles. The van der Waals surface area contributed by atoms with E-state index in [1.807, 2.05) is 30.3 Å². The summed E-state index contributed by atoms with van der Waals surface area (Å²) in [4.78, 5) is 12.1. The van der Waals surface area contributed by atoms with Gasteiger partial charge in [-0.15, -0.1) is 0 Å². The van der Waals surface area contributed by atoms with Crippen molar-refractivity contribution in [2.24, 2.45) is 5.10 Å². The Kier molecular flexibility index (Phi) is 4.35. The van der Waals surface area contributed by atoms with Gasteiger partial charge in [0.1, 0.15) is 5.82 Å². The SMILES string of the molecule is O=C(N/N=C/c1ccc(Cl)c(F)c1)c1ccc2ccccc2c1. The molecule has 0 aliphatic carbocycles. The van der Waals surface area contributed by atoms with Crippen molar-refractivity contribution in [2.75, 3.05) is 0 Å². The van der Waals surface area contributed by atoms with Crippen molar-refractivity contribution in [2.45, 2.75) is 0 Å². The van der Waals surface area contributed by atoms with Crippen molar-refractivity contribution in [3.8, 4) is 0 Å². The smallest absolute Gasteiger partial charge is 0.267 e. The second kappa shape index (κ2) is 6.58. The zero-order valence-electron chi connectivity index (χ0n) is 12.0. The Morgan fingerprint density at radius 3 is 2.61 bits per heavy atom. The average molecular weight is 327 g/mol. The van der Waals surface area contributed by atoms with Gasteiger partial charge >= 0.3 is 0 Å². The zero-order valence-corrected chi connectivity index (χ0v) is 12.7. The van der Waals surface area contributed by atoms with Crippen LogP contribution in [0.4, 0.5) is 4.39 Å². The molecule has 0 aliphatic heterocycles. The van der Waals surface area contributed by atoms with Crippen LogP contribution in [0.25, 0.3) is 10.8 Å². The molecule has 0 aliphatic rings. The second-order valence-corrected chi connectivity index (χ2v) is 5.34. The topological polar surface area (TPSA) is 41.5 Å². The highest BCUT2D eigenvalue weighted by Crippen LogP contribution is 2.16. The van der Waals surface area contributed by atoms with Crippen LogP contribution in [0.2, 0.25) is 5.02 Å².